The minimum atomic E-state index is -0.628. The van der Waals surface area contributed by atoms with E-state index in [0.717, 1.165) is 6.42 Å². The van der Waals surface area contributed by atoms with Gasteiger partial charge in [0.1, 0.15) is 0 Å². The van der Waals surface area contributed by atoms with Crippen LogP contribution in [0.4, 0.5) is 0 Å². The summed E-state index contributed by atoms with van der Waals surface area (Å²) in [6, 6.07) is 4.76. The standard InChI is InChI=1S/C16H18Cl2N2O3/c1-4-9-19-14(16(22)23-3)12(5-2)20-15(21)13-10(17)7-6-8-11(13)18/h5-8H,4,9H2,1-3H3,(H,20,21)/b12-5+,19-14+. The van der Waals surface area contributed by atoms with Crippen LogP contribution in [0.25, 0.3) is 0 Å². The Bertz CT molecular complexity index is 634. The molecule has 1 N–H and O–H groups in total. The molecular weight excluding hydrogens is 339 g/mol. The number of aliphatic imine (C=N–C) groups is 1. The molecule has 0 spiro atoms. The Balaban J connectivity index is 3.11. The Morgan fingerprint density at radius 3 is 2.39 bits per heavy atom. The molecule has 1 rings (SSSR count). The van der Waals surface area contributed by atoms with Gasteiger partial charge in [0.2, 0.25) is 0 Å². The van der Waals surface area contributed by atoms with E-state index in [-0.39, 0.29) is 27.0 Å². The molecule has 1 aromatic carbocycles. The first kappa shape index (κ1) is 19.2. The molecule has 0 unspecified atom stereocenters. The van der Waals surface area contributed by atoms with Crippen molar-refractivity contribution in [2.45, 2.75) is 20.3 Å². The smallest absolute Gasteiger partial charge is 0.358 e. The van der Waals surface area contributed by atoms with Crippen molar-refractivity contribution in [3.8, 4) is 0 Å². The highest BCUT2D eigenvalue weighted by Crippen LogP contribution is 2.24. The number of esters is 1. The molecule has 23 heavy (non-hydrogen) atoms. The van der Waals surface area contributed by atoms with Crippen molar-refractivity contribution in [1.82, 2.24) is 5.32 Å². The van der Waals surface area contributed by atoms with Gasteiger partial charge in [0.15, 0.2) is 5.71 Å². The van der Waals surface area contributed by atoms with E-state index < -0.39 is 11.9 Å². The summed E-state index contributed by atoms with van der Waals surface area (Å²) in [5.74, 6) is -1.15. The van der Waals surface area contributed by atoms with Crippen molar-refractivity contribution in [2.75, 3.05) is 13.7 Å². The highest BCUT2D eigenvalue weighted by Gasteiger charge is 2.21. The van der Waals surface area contributed by atoms with Gasteiger partial charge in [-0.1, -0.05) is 42.3 Å². The Kier molecular flexibility index (Phi) is 7.78. The number of allylic oxidation sites excluding steroid dienone is 1. The molecule has 0 radical (unpaired) electrons. The van der Waals surface area contributed by atoms with Crippen LogP contribution >= 0.6 is 23.2 Å². The average Bonchev–Trinajstić information content (AvgIpc) is 2.53. The lowest BCUT2D eigenvalue weighted by atomic mass is 10.2. The number of hydrogen-bond donors (Lipinski definition) is 1. The number of nitrogens with one attached hydrogen (secondary N) is 1. The third-order valence-corrected chi connectivity index (χ3v) is 3.48. The van der Waals surface area contributed by atoms with E-state index in [1.807, 2.05) is 6.92 Å². The largest absolute Gasteiger partial charge is 0.464 e. The van der Waals surface area contributed by atoms with E-state index in [1.54, 1.807) is 31.2 Å². The molecule has 7 heteroatoms. The number of ether oxygens (including phenoxy) is 1. The fourth-order valence-electron chi connectivity index (χ4n) is 1.75. The predicted octanol–water partition coefficient (Wildman–Crippen LogP) is 3.65. The number of carbonyl (C=O) groups excluding carboxylic acids is 2. The zero-order chi connectivity index (χ0) is 17.4. The van der Waals surface area contributed by atoms with E-state index in [2.05, 4.69) is 10.3 Å². The SMILES string of the molecule is C/C=C(NC(=O)c1c(Cl)cccc1Cl)\C(=N/CCC)C(=O)OC. The minimum Gasteiger partial charge on any atom is -0.464 e. The van der Waals surface area contributed by atoms with Crippen molar-refractivity contribution in [3.63, 3.8) is 0 Å². The van der Waals surface area contributed by atoms with Crippen LogP contribution in [-0.4, -0.2) is 31.2 Å². The molecule has 0 aromatic heterocycles. The summed E-state index contributed by atoms with van der Waals surface area (Å²) in [5, 5.41) is 3.05. The maximum absolute atomic E-state index is 12.4. The molecule has 0 heterocycles. The van der Waals surface area contributed by atoms with Crippen LogP contribution in [0.3, 0.4) is 0 Å². The molecule has 124 valence electrons. The molecule has 0 aliphatic heterocycles. The monoisotopic (exact) mass is 356 g/mol. The quantitative estimate of drug-likeness (QED) is 0.624. The molecule has 1 aromatic rings. The first-order valence-corrected chi connectivity index (χ1v) is 7.76. The second kappa shape index (κ2) is 9.33. The van der Waals surface area contributed by atoms with Crippen molar-refractivity contribution in [2.24, 2.45) is 4.99 Å². The molecule has 0 atom stereocenters. The number of halogens is 2. The Morgan fingerprint density at radius 2 is 1.91 bits per heavy atom. The molecule has 0 saturated carbocycles. The normalized spacial score (nSPS) is 12.0. The van der Waals surface area contributed by atoms with Gasteiger partial charge in [-0.2, -0.15) is 0 Å². The molecule has 0 aliphatic carbocycles. The highest BCUT2D eigenvalue weighted by atomic mass is 35.5. The number of benzene rings is 1. The van der Waals surface area contributed by atoms with E-state index in [1.165, 1.54) is 7.11 Å². The van der Waals surface area contributed by atoms with Gasteiger partial charge >= 0.3 is 5.97 Å². The van der Waals surface area contributed by atoms with Crippen molar-refractivity contribution in [3.05, 3.63) is 45.6 Å². The van der Waals surface area contributed by atoms with E-state index >= 15 is 0 Å². The number of carbonyl (C=O) groups is 2. The van der Waals surface area contributed by atoms with E-state index in [0.29, 0.717) is 6.54 Å². The molecule has 0 fully saturated rings. The first-order valence-electron chi connectivity index (χ1n) is 7.01. The summed E-state index contributed by atoms with van der Waals surface area (Å²) in [4.78, 5) is 28.5. The molecular formula is C16H18Cl2N2O3. The Hall–Kier alpha value is -1.85. The number of methoxy groups -OCH3 is 1. The second-order valence-corrected chi connectivity index (χ2v) is 5.29. The Morgan fingerprint density at radius 1 is 1.30 bits per heavy atom. The van der Waals surface area contributed by atoms with Gasteiger partial charge in [-0.15, -0.1) is 0 Å². The zero-order valence-electron chi connectivity index (χ0n) is 13.2. The lowest BCUT2D eigenvalue weighted by Crippen LogP contribution is -2.32. The van der Waals surface area contributed by atoms with Crippen molar-refractivity contribution >= 4 is 40.8 Å². The minimum absolute atomic E-state index is 0.0494. The summed E-state index contributed by atoms with van der Waals surface area (Å²) >= 11 is 12.0. The highest BCUT2D eigenvalue weighted by molar-refractivity contribution is 6.44. The molecule has 1 amide bonds. The van der Waals surface area contributed by atoms with Crippen molar-refractivity contribution < 1.29 is 14.3 Å². The summed E-state index contributed by atoms with van der Waals surface area (Å²) in [7, 11) is 1.25. The van der Waals surface area contributed by atoms with Gasteiger partial charge in [-0.25, -0.2) is 4.79 Å². The topological polar surface area (TPSA) is 67.8 Å². The number of rotatable bonds is 6. The van der Waals surface area contributed by atoms with Crippen LogP contribution in [-0.2, 0) is 9.53 Å². The predicted molar refractivity (Wildman–Crippen MR) is 92.3 cm³/mol. The summed E-state index contributed by atoms with van der Waals surface area (Å²) in [5.41, 5.74) is 0.426. The van der Waals surface area contributed by atoms with Gasteiger partial charge in [0.05, 0.1) is 28.4 Å². The van der Waals surface area contributed by atoms with Crippen molar-refractivity contribution in [1.29, 1.82) is 0 Å². The van der Waals surface area contributed by atoms with Gasteiger partial charge < -0.3 is 10.1 Å². The maximum Gasteiger partial charge on any atom is 0.358 e. The Labute approximate surface area is 145 Å². The summed E-state index contributed by atoms with van der Waals surface area (Å²) < 4.78 is 4.71. The van der Waals surface area contributed by atoms with Crippen LogP contribution in [0.2, 0.25) is 10.0 Å². The molecule has 5 nitrogen and oxygen atoms in total. The zero-order valence-corrected chi connectivity index (χ0v) is 14.7. The number of amides is 1. The molecule has 0 aliphatic rings. The number of hydrogen-bond acceptors (Lipinski definition) is 4. The molecule has 0 bridgehead atoms. The third kappa shape index (κ3) is 5.08. The van der Waals surface area contributed by atoms with Gasteiger partial charge in [-0.3, -0.25) is 9.79 Å². The van der Waals surface area contributed by atoms with E-state index in [4.69, 9.17) is 27.9 Å². The lowest BCUT2D eigenvalue weighted by Gasteiger charge is -2.12. The number of nitrogens with zero attached hydrogens (tertiary/aromatic N) is 1. The van der Waals surface area contributed by atoms with Crippen LogP contribution in [0.5, 0.6) is 0 Å². The van der Waals surface area contributed by atoms with Crippen LogP contribution in [0.1, 0.15) is 30.6 Å². The maximum atomic E-state index is 12.4. The van der Waals surface area contributed by atoms with Crippen LogP contribution in [0.15, 0.2) is 35.0 Å². The fraction of sp³-hybridized carbons (Fsp3) is 0.312. The van der Waals surface area contributed by atoms with Gasteiger partial charge in [0, 0.05) is 6.54 Å². The van der Waals surface area contributed by atoms with E-state index in [9.17, 15) is 9.59 Å². The lowest BCUT2D eigenvalue weighted by molar-refractivity contribution is -0.132. The average molecular weight is 357 g/mol. The summed E-state index contributed by atoms with van der Waals surface area (Å²) in [6.07, 6.45) is 2.32. The van der Waals surface area contributed by atoms with Gasteiger partial charge in [0.25, 0.3) is 5.91 Å². The second-order valence-electron chi connectivity index (χ2n) is 4.48. The first-order chi connectivity index (χ1) is 11.0. The third-order valence-electron chi connectivity index (χ3n) is 2.85. The van der Waals surface area contributed by atoms with Crippen LogP contribution < -0.4 is 5.32 Å². The summed E-state index contributed by atoms with van der Waals surface area (Å²) in [6.45, 7) is 4.04. The van der Waals surface area contributed by atoms with Crippen LogP contribution in [0, 0.1) is 0 Å². The molecule has 0 saturated heterocycles. The fourth-order valence-corrected chi connectivity index (χ4v) is 2.32. The van der Waals surface area contributed by atoms with Gasteiger partial charge in [-0.05, 0) is 25.5 Å².